The second kappa shape index (κ2) is 8.45. The molecule has 3 aromatic rings. The fourth-order valence-electron chi connectivity index (χ4n) is 3.41. The van der Waals surface area contributed by atoms with Crippen LogP contribution in [0.2, 0.25) is 0 Å². The van der Waals surface area contributed by atoms with E-state index < -0.39 is 5.91 Å². The number of hydrogen-bond acceptors (Lipinski definition) is 4. The number of aromatic amines is 1. The molecule has 28 heavy (non-hydrogen) atoms. The number of anilines is 1. The summed E-state index contributed by atoms with van der Waals surface area (Å²) in [6.45, 7) is 2.73. The summed E-state index contributed by atoms with van der Waals surface area (Å²) in [6.07, 6.45) is 3.57. The molecule has 1 aliphatic rings. The van der Waals surface area contributed by atoms with Crippen LogP contribution in [0, 0.1) is 0 Å². The maximum atomic E-state index is 12.3. The van der Waals surface area contributed by atoms with Gasteiger partial charge in [0.15, 0.2) is 0 Å². The third-order valence-electron chi connectivity index (χ3n) is 4.78. The van der Waals surface area contributed by atoms with Crippen LogP contribution in [-0.4, -0.2) is 33.1 Å². The molecule has 0 bridgehead atoms. The van der Waals surface area contributed by atoms with Gasteiger partial charge in [0.05, 0.1) is 17.0 Å². The van der Waals surface area contributed by atoms with Gasteiger partial charge in [-0.05, 0) is 37.2 Å². The number of aromatic nitrogens is 3. The molecule has 2 amide bonds. The van der Waals surface area contributed by atoms with Crippen molar-refractivity contribution < 1.29 is 9.59 Å². The van der Waals surface area contributed by atoms with Crippen LogP contribution in [-0.2, 0) is 24.3 Å². The molecular formula is C19H23ClN6O2. The lowest BCUT2D eigenvalue weighted by atomic mass is 10.1. The van der Waals surface area contributed by atoms with Crippen molar-refractivity contribution >= 4 is 40.8 Å². The number of nitrogens with two attached hydrogens (primary N) is 1. The lowest BCUT2D eigenvalue weighted by Gasteiger charge is -2.05. The highest BCUT2D eigenvalue weighted by Crippen LogP contribution is 2.22. The van der Waals surface area contributed by atoms with Crippen LogP contribution < -0.4 is 16.4 Å². The number of carbonyl (C=O) groups excluding carboxylic acids is 2. The smallest absolute Gasteiger partial charge is 0.250 e. The molecule has 0 saturated heterocycles. The number of hydrogen-bond donors (Lipinski definition) is 4. The van der Waals surface area contributed by atoms with Gasteiger partial charge in [-0.25, -0.2) is 0 Å². The van der Waals surface area contributed by atoms with Gasteiger partial charge >= 0.3 is 0 Å². The van der Waals surface area contributed by atoms with Gasteiger partial charge in [0.25, 0.3) is 5.91 Å². The van der Waals surface area contributed by atoms with Gasteiger partial charge in [0.1, 0.15) is 0 Å². The highest BCUT2D eigenvalue weighted by atomic mass is 35.5. The van der Waals surface area contributed by atoms with E-state index in [0.29, 0.717) is 29.5 Å². The maximum Gasteiger partial charge on any atom is 0.250 e. The molecule has 2 aromatic heterocycles. The van der Waals surface area contributed by atoms with Gasteiger partial charge in [-0.3, -0.25) is 14.3 Å². The zero-order valence-corrected chi connectivity index (χ0v) is 16.1. The molecule has 9 heteroatoms. The van der Waals surface area contributed by atoms with E-state index in [9.17, 15) is 9.59 Å². The zero-order chi connectivity index (χ0) is 18.8. The Morgan fingerprint density at radius 2 is 2.14 bits per heavy atom. The van der Waals surface area contributed by atoms with Crippen molar-refractivity contribution in [2.75, 3.05) is 11.9 Å². The van der Waals surface area contributed by atoms with Crippen molar-refractivity contribution in [1.29, 1.82) is 0 Å². The number of primary amides is 1. The number of amides is 2. The van der Waals surface area contributed by atoms with Gasteiger partial charge in [-0.15, -0.1) is 12.4 Å². The first-order valence-electron chi connectivity index (χ1n) is 9.07. The van der Waals surface area contributed by atoms with Crippen LogP contribution in [0.3, 0.4) is 0 Å². The number of H-pyrrole nitrogens is 1. The zero-order valence-electron chi connectivity index (χ0n) is 15.3. The van der Waals surface area contributed by atoms with Gasteiger partial charge < -0.3 is 21.4 Å². The van der Waals surface area contributed by atoms with Crippen molar-refractivity contribution in [3.05, 3.63) is 47.4 Å². The third kappa shape index (κ3) is 4.18. The van der Waals surface area contributed by atoms with E-state index in [4.69, 9.17) is 5.73 Å². The second-order valence-corrected chi connectivity index (χ2v) is 6.76. The molecule has 0 radical (unpaired) electrons. The van der Waals surface area contributed by atoms with Crippen molar-refractivity contribution in [3.8, 4) is 0 Å². The molecule has 1 aliphatic heterocycles. The summed E-state index contributed by atoms with van der Waals surface area (Å²) in [5, 5.41) is 11.5. The Morgan fingerprint density at radius 3 is 2.96 bits per heavy atom. The van der Waals surface area contributed by atoms with E-state index in [-0.39, 0.29) is 18.3 Å². The molecule has 0 saturated carbocycles. The standard InChI is InChI=1S/C19H22N6O2.ClH/c20-19(27)16-11-22-17-4-2-12(9-15(16)17)23-18(26)5-3-13-8-14-10-21-6-1-7-25(14)24-13;/h2,4,8-9,11,21-22H,1,3,5-7,10H2,(H2,20,27)(H,23,26);1H. The van der Waals surface area contributed by atoms with Gasteiger partial charge in [-0.2, -0.15) is 5.10 Å². The van der Waals surface area contributed by atoms with Gasteiger partial charge in [0, 0.05) is 48.7 Å². The summed E-state index contributed by atoms with van der Waals surface area (Å²) in [4.78, 5) is 26.8. The highest BCUT2D eigenvalue weighted by Gasteiger charge is 2.13. The van der Waals surface area contributed by atoms with E-state index in [1.54, 1.807) is 18.3 Å². The topological polar surface area (TPSA) is 118 Å². The average molecular weight is 403 g/mol. The van der Waals surface area contributed by atoms with E-state index >= 15 is 0 Å². The predicted molar refractivity (Wildman–Crippen MR) is 110 cm³/mol. The van der Waals surface area contributed by atoms with E-state index in [1.165, 1.54) is 5.69 Å². The Hall–Kier alpha value is -2.84. The predicted octanol–water partition coefficient (Wildman–Crippen LogP) is 1.95. The number of benzene rings is 1. The lowest BCUT2D eigenvalue weighted by Crippen LogP contribution is -2.13. The number of rotatable bonds is 5. The fourth-order valence-corrected chi connectivity index (χ4v) is 3.41. The summed E-state index contributed by atoms with van der Waals surface area (Å²) >= 11 is 0. The SMILES string of the molecule is Cl.NC(=O)c1c[nH]c2ccc(NC(=O)CCc3cc4n(n3)CCCNC4)cc12. The maximum absolute atomic E-state index is 12.3. The highest BCUT2D eigenvalue weighted by molar-refractivity contribution is 6.07. The Bertz CT molecular complexity index is 986. The second-order valence-electron chi connectivity index (χ2n) is 6.76. The Morgan fingerprint density at radius 1 is 1.29 bits per heavy atom. The first kappa shape index (κ1) is 19.9. The largest absolute Gasteiger partial charge is 0.366 e. The Kier molecular flexibility index (Phi) is 6.01. The van der Waals surface area contributed by atoms with Crippen LogP contribution in [0.4, 0.5) is 5.69 Å². The number of carbonyl (C=O) groups is 2. The van der Waals surface area contributed by atoms with Crippen LogP contribution >= 0.6 is 12.4 Å². The monoisotopic (exact) mass is 402 g/mol. The molecular weight excluding hydrogens is 380 g/mol. The molecule has 0 spiro atoms. The normalized spacial score (nSPS) is 13.4. The molecule has 0 unspecified atom stereocenters. The molecule has 3 heterocycles. The van der Waals surface area contributed by atoms with Crippen LogP contribution in [0.15, 0.2) is 30.5 Å². The minimum absolute atomic E-state index is 0. The molecule has 0 aliphatic carbocycles. The van der Waals surface area contributed by atoms with Crippen LogP contribution in [0.25, 0.3) is 10.9 Å². The molecule has 148 valence electrons. The molecule has 0 atom stereocenters. The number of halogens is 1. The fraction of sp³-hybridized carbons (Fsp3) is 0.316. The molecule has 1 aromatic carbocycles. The average Bonchev–Trinajstić information content (AvgIpc) is 3.17. The van der Waals surface area contributed by atoms with Crippen molar-refractivity contribution in [2.45, 2.75) is 32.4 Å². The van der Waals surface area contributed by atoms with Crippen LogP contribution in [0.1, 0.15) is 34.6 Å². The summed E-state index contributed by atoms with van der Waals surface area (Å²) in [7, 11) is 0. The molecule has 8 nitrogen and oxygen atoms in total. The summed E-state index contributed by atoms with van der Waals surface area (Å²) in [5.74, 6) is -0.592. The quantitative estimate of drug-likeness (QED) is 0.521. The van der Waals surface area contributed by atoms with Gasteiger partial charge in [0.2, 0.25) is 5.91 Å². The number of aryl methyl sites for hydroxylation is 2. The van der Waals surface area contributed by atoms with E-state index in [0.717, 1.165) is 37.3 Å². The lowest BCUT2D eigenvalue weighted by molar-refractivity contribution is -0.116. The molecule has 4 rings (SSSR count). The molecule has 5 N–H and O–H groups in total. The van der Waals surface area contributed by atoms with Crippen molar-refractivity contribution in [1.82, 2.24) is 20.1 Å². The first-order chi connectivity index (χ1) is 13.1. The summed E-state index contributed by atoms with van der Waals surface area (Å²) in [5.41, 5.74) is 9.33. The minimum Gasteiger partial charge on any atom is -0.366 e. The van der Waals surface area contributed by atoms with Crippen molar-refractivity contribution in [2.24, 2.45) is 5.73 Å². The van der Waals surface area contributed by atoms with Crippen molar-refractivity contribution in [3.63, 3.8) is 0 Å². The van der Waals surface area contributed by atoms with Crippen LogP contribution in [0.5, 0.6) is 0 Å². The number of fused-ring (bicyclic) bond motifs is 2. The van der Waals surface area contributed by atoms with E-state index in [1.807, 2.05) is 10.7 Å². The summed E-state index contributed by atoms with van der Waals surface area (Å²) in [6, 6.07) is 7.44. The van der Waals surface area contributed by atoms with Gasteiger partial charge in [-0.1, -0.05) is 0 Å². The van der Waals surface area contributed by atoms with E-state index in [2.05, 4.69) is 26.8 Å². The Labute approximate surface area is 168 Å². The number of nitrogens with zero attached hydrogens (tertiary/aromatic N) is 2. The number of nitrogens with one attached hydrogen (secondary N) is 3. The Balaban J connectivity index is 0.00000225. The first-order valence-corrected chi connectivity index (χ1v) is 9.07. The minimum atomic E-state index is -0.501. The summed E-state index contributed by atoms with van der Waals surface area (Å²) < 4.78 is 2.03. The third-order valence-corrected chi connectivity index (χ3v) is 4.78. The molecule has 0 fully saturated rings.